The van der Waals surface area contributed by atoms with Crippen molar-refractivity contribution in [1.82, 2.24) is 4.90 Å². The van der Waals surface area contributed by atoms with Gasteiger partial charge in [0.15, 0.2) is 9.84 Å². The molecule has 0 saturated heterocycles. The van der Waals surface area contributed by atoms with Gasteiger partial charge in [-0.05, 0) is 25.1 Å². The number of hydrogen-bond acceptors (Lipinski definition) is 4. The molecule has 7 heteroatoms. The topological polar surface area (TPSA) is 63.7 Å². The van der Waals surface area contributed by atoms with Gasteiger partial charge in [0.25, 0.3) is 0 Å². The zero-order chi connectivity index (χ0) is 17.0. The minimum absolute atomic E-state index is 0.0107. The van der Waals surface area contributed by atoms with Crippen molar-refractivity contribution in [3.63, 3.8) is 0 Å². The van der Waals surface area contributed by atoms with Gasteiger partial charge in [-0.2, -0.15) is 0 Å². The smallest absolute Gasteiger partial charge is 0.223 e. The SMILES string of the molecule is CCN(Cc1cc(Cl)ccc1OC)C(=O)CC1C=CS(=O)(=O)C1. The van der Waals surface area contributed by atoms with E-state index < -0.39 is 9.84 Å². The van der Waals surface area contributed by atoms with Crippen molar-refractivity contribution in [3.05, 3.63) is 40.3 Å². The third-order valence-electron chi connectivity index (χ3n) is 3.78. The van der Waals surface area contributed by atoms with Crippen LogP contribution in [-0.4, -0.2) is 38.6 Å². The van der Waals surface area contributed by atoms with Crippen LogP contribution in [0, 0.1) is 5.92 Å². The van der Waals surface area contributed by atoms with Crippen molar-refractivity contribution >= 4 is 27.3 Å². The fourth-order valence-corrected chi connectivity index (χ4v) is 4.17. The Hall–Kier alpha value is -1.53. The van der Waals surface area contributed by atoms with Gasteiger partial charge >= 0.3 is 0 Å². The molecule has 1 amide bonds. The highest BCUT2D eigenvalue weighted by Gasteiger charge is 2.26. The fourth-order valence-electron chi connectivity index (χ4n) is 2.57. The van der Waals surface area contributed by atoms with E-state index in [0.717, 1.165) is 5.56 Å². The van der Waals surface area contributed by atoms with E-state index in [1.807, 2.05) is 6.92 Å². The molecule has 0 aliphatic carbocycles. The number of sulfone groups is 1. The van der Waals surface area contributed by atoms with Gasteiger partial charge in [-0.3, -0.25) is 4.79 Å². The number of allylic oxidation sites excluding steroid dienone is 1. The van der Waals surface area contributed by atoms with Crippen LogP contribution in [0.25, 0.3) is 0 Å². The average molecular weight is 358 g/mol. The number of carbonyl (C=O) groups is 1. The van der Waals surface area contributed by atoms with Crippen LogP contribution in [0.1, 0.15) is 18.9 Å². The fraction of sp³-hybridized carbons (Fsp3) is 0.438. The summed E-state index contributed by atoms with van der Waals surface area (Å²) in [5.74, 6) is 0.352. The van der Waals surface area contributed by atoms with Gasteiger partial charge in [0.05, 0.1) is 12.9 Å². The van der Waals surface area contributed by atoms with Gasteiger partial charge in [-0.1, -0.05) is 17.7 Å². The van der Waals surface area contributed by atoms with Crippen LogP contribution < -0.4 is 4.74 Å². The molecule has 1 aliphatic heterocycles. The minimum Gasteiger partial charge on any atom is -0.496 e. The van der Waals surface area contributed by atoms with Crippen molar-refractivity contribution in [2.24, 2.45) is 5.92 Å². The van der Waals surface area contributed by atoms with Gasteiger partial charge < -0.3 is 9.64 Å². The molecule has 1 aromatic rings. The number of rotatable bonds is 6. The minimum atomic E-state index is -3.14. The molecule has 23 heavy (non-hydrogen) atoms. The second kappa shape index (κ2) is 7.36. The first kappa shape index (κ1) is 17.8. The maximum absolute atomic E-state index is 12.5. The van der Waals surface area contributed by atoms with Crippen LogP contribution in [-0.2, 0) is 21.2 Å². The lowest BCUT2D eigenvalue weighted by Crippen LogP contribution is -2.32. The molecule has 0 radical (unpaired) electrons. The van der Waals surface area contributed by atoms with Crippen LogP contribution in [0.2, 0.25) is 5.02 Å². The largest absolute Gasteiger partial charge is 0.496 e. The first-order valence-corrected chi connectivity index (χ1v) is 9.45. The second-order valence-electron chi connectivity index (χ2n) is 5.49. The number of halogens is 1. The van der Waals surface area contributed by atoms with Crippen LogP contribution in [0.3, 0.4) is 0 Å². The van der Waals surface area contributed by atoms with E-state index >= 15 is 0 Å². The predicted octanol–water partition coefficient (Wildman–Crippen LogP) is 2.65. The van der Waals surface area contributed by atoms with Crippen molar-refractivity contribution < 1.29 is 17.9 Å². The molecular formula is C16H20ClNO4S. The summed E-state index contributed by atoms with van der Waals surface area (Å²) >= 11 is 6.01. The Kier molecular flexibility index (Phi) is 5.70. The standard InChI is InChI=1S/C16H20ClNO4S/c1-3-18(10-13-9-14(17)4-5-15(13)22-2)16(19)8-12-6-7-23(20,21)11-12/h4-7,9,12H,3,8,10-11H2,1-2H3. The Morgan fingerprint density at radius 2 is 2.17 bits per heavy atom. The molecule has 0 N–H and O–H groups in total. The second-order valence-corrected chi connectivity index (χ2v) is 7.85. The molecular weight excluding hydrogens is 338 g/mol. The van der Waals surface area contributed by atoms with Gasteiger partial charge in [0, 0.05) is 41.4 Å². The first-order chi connectivity index (χ1) is 10.8. The van der Waals surface area contributed by atoms with Gasteiger partial charge in [-0.15, -0.1) is 0 Å². The molecule has 0 bridgehead atoms. The summed E-state index contributed by atoms with van der Waals surface area (Å²) in [5, 5.41) is 1.77. The maximum Gasteiger partial charge on any atom is 0.223 e. The highest BCUT2D eigenvalue weighted by Crippen LogP contribution is 2.25. The average Bonchev–Trinajstić information content (AvgIpc) is 2.83. The van der Waals surface area contributed by atoms with Crippen molar-refractivity contribution in [2.45, 2.75) is 19.9 Å². The number of carbonyl (C=O) groups excluding carboxylic acids is 1. The molecule has 1 atom stereocenters. The van der Waals surface area contributed by atoms with Crippen LogP contribution in [0.15, 0.2) is 29.7 Å². The van der Waals surface area contributed by atoms with E-state index in [0.29, 0.717) is 23.9 Å². The summed E-state index contributed by atoms with van der Waals surface area (Å²) < 4.78 is 28.2. The molecule has 126 valence electrons. The summed E-state index contributed by atoms with van der Waals surface area (Å²) in [6, 6.07) is 5.27. The van der Waals surface area contributed by atoms with Gasteiger partial charge in [-0.25, -0.2) is 8.42 Å². The molecule has 1 heterocycles. The maximum atomic E-state index is 12.5. The quantitative estimate of drug-likeness (QED) is 0.785. The van der Waals surface area contributed by atoms with Gasteiger partial charge in [0.1, 0.15) is 5.75 Å². The van der Waals surface area contributed by atoms with E-state index in [9.17, 15) is 13.2 Å². The monoisotopic (exact) mass is 357 g/mol. The molecule has 1 aliphatic rings. The summed E-state index contributed by atoms with van der Waals surface area (Å²) in [7, 11) is -1.57. The van der Waals surface area contributed by atoms with Crippen LogP contribution in [0.4, 0.5) is 0 Å². The normalized spacial score (nSPS) is 18.8. The predicted molar refractivity (Wildman–Crippen MR) is 90.1 cm³/mol. The van der Waals surface area contributed by atoms with E-state index in [-0.39, 0.29) is 24.0 Å². The molecule has 1 unspecified atom stereocenters. The zero-order valence-corrected chi connectivity index (χ0v) is 14.7. The van der Waals surface area contributed by atoms with Gasteiger partial charge in [0.2, 0.25) is 5.91 Å². The van der Waals surface area contributed by atoms with Crippen molar-refractivity contribution in [2.75, 3.05) is 19.4 Å². The lowest BCUT2D eigenvalue weighted by Gasteiger charge is -2.23. The molecule has 2 rings (SSSR count). The van der Waals surface area contributed by atoms with E-state index in [2.05, 4.69) is 0 Å². The van der Waals surface area contributed by atoms with E-state index in [1.165, 1.54) is 5.41 Å². The summed E-state index contributed by atoms with van der Waals surface area (Å²) in [6.07, 6.45) is 1.79. The number of nitrogens with zero attached hydrogens (tertiary/aromatic N) is 1. The van der Waals surface area contributed by atoms with Crippen LogP contribution >= 0.6 is 11.6 Å². The number of ether oxygens (including phenoxy) is 1. The number of amides is 1. The lowest BCUT2D eigenvalue weighted by molar-refractivity contribution is -0.132. The zero-order valence-electron chi connectivity index (χ0n) is 13.2. The lowest BCUT2D eigenvalue weighted by atomic mass is 10.1. The van der Waals surface area contributed by atoms with Crippen molar-refractivity contribution in [1.29, 1.82) is 0 Å². The summed E-state index contributed by atoms with van der Waals surface area (Å²) in [4.78, 5) is 14.1. The third kappa shape index (κ3) is 4.72. The molecule has 0 saturated carbocycles. The number of hydrogen-bond donors (Lipinski definition) is 0. The Bertz CT molecular complexity index is 715. The van der Waals surface area contributed by atoms with Crippen LogP contribution in [0.5, 0.6) is 5.75 Å². The Labute approximate surface area is 141 Å². The molecule has 0 aromatic heterocycles. The molecule has 1 aromatic carbocycles. The number of methoxy groups -OCH3 is 1. The Morgan fingerprint density at radius 1 is 1.43 bits per heavy atom. The first-order valence-electron chi connectivity index (χ1n) is 7.35. The van der Waals surface area contributed by atoms with E-state index in [1.54, 1.807) is 36.3 Å². The summed E-state index contributed by atoms with van der Waals surface area (Å²) in [5.41, 5.74) is 0.824. The molecule has 0 fully saturated rings. The Balaban J connectivity index is 2.07. The highest BCUT2D eigenvalue weighted by molar-refractivity contribution is 7.94. The Morgan fingerprint density at radius 3 is 2.74 bits per heavy atom. The number of benzene rings is 1. The van der Waals surface area contributed by atoms with Crippen molar-refractivity contribution in [3.8, 4) is 5.75 Å². The van der Waals surface area contributed by atoms with E-state index in [4.69, 9.17) is 16.3 Å². The molecule has 5 nitrogen and oxygen atoms in total. The molecule has 0 spiro atoms. The summed E-state index contributed by atoms with van der Waals surface area (Å²) in [6.45, 7) is 2.79. The highest BCUT2D eigenvalue weighted by atomic mass is 35.5. The third-order valence-corrected chi connectivity index (χ3v) is 5.48.